The molecule has 0 radical (unpaired) electrons. The molecule has 3 rings (SSSR count). The molecule has 0 aliphatic heterocycles. The third-order valence-electron chi connectivity index (χ3n) is 3.85. The van der Waals surface area contributed by atoms with Crippen molar-refractivity contribution >= 4 is 5.91 Å². The fourth-order valence-corrected chi connectivity index (χ4v) is 2.69. The number of benzene rings is 1. The summed E-state index contributed by atoms with van der Waals surface area (Å²) in [5.74, 6) is 0.242. The molecule has 1 fully saturated rings. The van der Waals surface area contributed by atoms with Crippen molar-refractivity contribution in [1.29, 1.82) is 5.26 Å². The van der Waals surface area contributed by atoms with Gasteiger partial charge in [-0.15, -0.1) is 5.10 Å². The molecular formula is C15H16N6O2. The lowest BCUT2D eigenvalue weighted by atomic mass is 10.00. The van der Waals surface area contributed by atoms with E-state index in [1.807, 2.05) is 6.07 Å². The Kier molecular flexibility index (Phi) is 4.19. The fourth-order valence-electron chi connectivity index (χ4n) is 2.69. The van der Waals surface area contributed by atoms with Gasteiger partial charge in [-0.2, -0.15) is 5.26 Å². The van der Waals surface area contributed by atoms with Crippen molar-refractivity contribution in [2.75, 3.05) is 6.61 Å². The van der Waals surface area contributed by atoms with E-state index in [9.17, 15) is 10.1 Å². The van der Waals surface area contributed by atoms with Crippen molar-refractivity contribution in [3.8, 4) is 17.5 Å². The summed E-state index contributed by atoms with van der Waals surface area (Å²) in [5.41, 5.74) is 0.00603. The largest absolute Gasteiger partial charge is 0.484 e. The summed E-state index contributed by atoms with van der Waals surface area (Å²) < 4.78 is 7.00. The first-order valence-corrected chi connectivity index (χ1v) is 7.39. The summed E-state index contributed by atoms with van der Waals surface area (Å²) >= 11 is 0. The first-order chi connectivity index (χ1) is 11.2. The van der Waals surface area contributed by atoms with E-state index in [0.717, 1.165) is 18.5 Å². The van der Waals surface area contributed by atoms with Crippen molar-refractivity contribution < 1.29 is 9.53 Å². The van der Waals surface area contributed by atoms with Crippen molar-refractivity contribution in [1.82, 2.24) is 25.5 Å². The van der Waals surface area contributed by atoms with E-state index in [2.05, 4.69) is 26.9 Å². The molecule has 0 saturated heterocycles. The number of hydrogen-bond donors (Lipinski definition) is 1. The van der Waals surface area contributed by atoms with E-state index in [4.69, 9.17) is 4.74 Å². The second kappa shape index (κ2) is 6.44. The minimum absolute atomic E-state index is 0.136. The van der Waals surface area contributed by atoms with Gasteiger partial charge in [-0.25, -0.2) is 4.68 Å². The predicted octanol–water partition coefficient (Wildman–Crippen LogP) is 0.994. The third kappa shape index (κ3) is 3.45. The van der Waals surface area contributed by atoms with Gasteiger partial charge in [-0.1, -0.05) is 6.07 Å². The van der Waals surface area contributed by atoms with Crippen LogP contribution in [0.25, 0.3) is 5.69 Å². The van der Waals surface area contributed by atoms with Crippen LogP contribution in [-0.4, -0.2) is 38.3 Å². The van der Waals surface area contributed by atoms with Crippen molar-refractivity contribution in [3.05, 3.63) is 30.6 Å². The van der Waals surface area contributed by atoms with Gasteiger partial charge in [-0.05, 0) is 48.2 Å². The van der Waals surface area contributed by atoms with Crippen LogP contribution in [0.5, 0.6) is 5.75 Å². The van der Waals surface area contributed by atoms with Gasteiger partial charge in [0.05, 0.1) is 11.8 Å². The van der Waals surface area contributed by atoms with Crippen molar-refractivity contribution in [3.63, 3.8) is 0 Å². The van der Waals surface area contributed by atoms with Crippen LogP contribution >= 0.6 is 0 Å². The Morgan fingerprint density at radius 3 is 2.96 bits per heavy atom. The molecule has 0 unspecified atom stereocenters. The van der Waals surface area contributed by atoms with Gasteiger partial charge >= 0.3 is 0 Å². The maximum atomic E-state index is 12.0. The molecule has 8 heteroatoms. The summed E-state index contributed by atoms with van der Waals surface area (Å²) in [6.07, 6.45) is 4.79. The van der Waals surface area contributed by atoms with Gasteiger partial charge in [0.15, 0.2) is 6.61 Å². The van der Waals surface area contributed by atoms with Crippen LogP contribution in [-0.2, 0) is 4.79 Å². The Labute approximate surface area is 133 Å². The van der Waals surface area contributed by atoms with E-state index in [-0.39, 0.29) is 12.5 Å². The van der Waals surface area contributed by atoms with Crippen molar-refractivity contribution in [2.45, 2.75) is 31.2 Å². The van der Waals surface area contributed by atoms with Crippen LogP contribution < -0.4 is 10.1 Å². The number of nitrogens with zero attached hydrogens (tertiary/aromatic N) is 5. The molecule has 0 spiro atoms. The van der Waals surface area contributed by atoms with Crippen LogP contribution in [0.15, 0.2) is 30.6 Å². The Bertz CT molecular complexity index is 716. The zero-order valence-corrected chi connectivity index (χ0v) is 12.5. The summed E-state index contributed by atoms with van der Waals surface area (Å²) in [4.78, 5) is 12.0. The SMILES string of the molecule is N#CC1(NC(=O)COc2cccc(-n3cnnn3)c2)CCCC1. The zero-order chi connectivity index (χ0) is 16.1. The van der Waals surface area contributed by atoms with E-state index >= 15 is 0 Å². The molecule has 1 aromatic heterocycles. The lowest BCUT2D eigenvalue weighted by Crippen LogP contribution is -2.47. The third-order valence-corrected chi connectivity index (χ3v) is 3.85. The number of carbonyl (C=O) groups is 1. The molecule has 23 heavy (non-hydrogen) atoms. The number of hydrogen-bond acceptors (Lipinski definition) is 6. The van der Waals surface area contributed by atoms with Gasteiger partial charge in [0.25, 0.3) is 5.91 Å². The van der Waals surface area contributed by atoms with Crippen LogP contribution in [0.3, 0.4) is 0 Å². The highest BCUT2D eigenvalue weighted by Crippen LogP contribution is 2.28. The molecule has 0 atom stereocenters. The van der Waals surface area contributed by atoms with Gasteiger partial charge in [0.2, 0.25) is 0 Å². The lowest BCUT2D eigenvalue weighted by Gasteiger charge is -2.21. The quantitative estimate of drug-likeness (QED) is 0.882. The Hall–Kier alpha value is -2.95. The Balaban J connectivity index is 1.59. The Morgan fingerprint density at radius 1 is 1.43 bits per heavy atom. The van der Waals surface area contributed by atoms with Crippen LogP contribution in [0, 0.1) is 11.3 Å². The maximum absolute atomic E-state index is 12.0. The lowest BCUT2D eigenvalue weighted by molar-refractivity contribution is -0.124. The number of ether oxygens (including phenoxy) is 1. The zero-order valence-electron chi connectivity index (χ0n) is 12.5. The average molecular weight is 312 g/mol. The van der Waals surface area contributed by atoms with Crippen molar-refractivity contribution in [2.24, 2.45) is 0 Å². The minimum Gasteiger partial charge on any atom is -0.484 e. The number of rotatable bonds is 5. The van der Waals surface area contributed by atoms with Gasteiger partial charge in [-0.3, -0.25) is 4.79 Å². The number of tetrazole rings is 1. The van der Waals surface area contributed by atoms with E-state index in [1.54, 1.807) is 18.2 Å². The van der Waals surface area contributed by atoms with E-state index in [1.165, 1.54) is 11.0 Å². The molecule has 1 heterocycles. The number of nitriles is 1. The highest BCUT2D eigenvalue weighted by molar-refractivity contribution is 5.79. The van der Waals surface area contributed by atoms with Gasteiger partial charge in [0, 0.05) is 6.07 Å². The molecule has 0 bridgehead atoms. The summed E-state index contributed by atoms with van der Waals surface area (Å²) in [7, 11) is 0. The predicted molar refractivity (Wildman–Crippen MR) is 79.6 cm³/mol. The monoisotopic (exact) mass is 312 g/mol. The second-order valence-corrected chi connectivity index (χ2v) is 5.49. The molecule has 1 aromatic carbocycles. The van der Waals surface area contributed by atoms with Gasteiger partial charge in [0.1, 0.15) is 17.6 Å². The minimum atomic E-state index is -0.727. The molecule has 1 aliphatic rings. The molecule has 1 aliphatic carbocycles. The molecule has 8 nitrogen and oxygen atoms in total. The standard InChI is InChI=1S/C15H16N6O2/c16-10-15(6-1-2-7-15)18-14(22)9-23-13-5-3-4-12(8-13)21-11-17-19-20-21/h3-5,8,11H,1-2,6-7,9H2,(H,18,22). The molecule has 1 amide bonds. The Morgan fingerprint density at radius 2 is 2.26 bits per heavy atom. The number of carbonyl (C=O) groups excluding carboxylic acids is 1. The molecule has 2 aromatic rings. The maximum Gasteiger partial charge on any atom is 0.259 e. The number of amides is 1. The number of aromatic nitrogens is 4. The number of nitrogens with one attached hydrogen (secondary N) is 1. The van der Waals surface area contributed by atoms with E-state index < -0.39 is 5.54 Å². The molecule has 1 N–H and O–H groups in total. The highest BCUT2D eigenvalue weighted by atomic mass is 16.5. The normalized spacial score (nSPS) is 15.8. The second-order valence-electron chi connectivity index (χ2n) is 5.49. The topological polar surface area (TPSA) is 106 Å². The summed E-state index contributed by atoms with van der Waals surface area (Å²) in [6.45, 7) is -0.136. The molecular weight excluding hydrogens is 296 g/mol. The van der Waals surface area contributed by atoms with E-state index in [0.29, 0.717) is 18.6 Å². The summed E-state index contributed by atoms with van der Waals surface area (Å²) in [5, 5.41) is 23.0. The molecule has 1 saturated carbocycles. The first kappa shape index (κ1) is 15.0. The van der Waals surface area contributed by atoms with Gasteiger partial charge < -0.3 is 10.1 Å². The van der Waals surface area contributed by atoms with Crippen LogP contribution in [0.2, 0.25) is 0 Å². The average Bonchev–Trinajstić information content (AvgIpc) is 3.25. The molecule has 118 valence electrons. The summed E-state index contributed by atoms with van der Waals surface area (Å²) in [6, 6.07) is 9.32. The van der Waals surface area contributed by atoms with Crippen LogP contribution in [0.4, 0.5) is 0 Å². The first-order valence-electron chi connectivity index (χ1n) is 7.39. The highest BCUT2D eigenvalue weighted by Gasteiger charge is 2.35. The fraction of sp³-hybridized carbons (Fsp3) is 0.400. The smallest absolute Gasteiger partial charge is 0.259 e. The van der Waals surface area contributed by atoms with Crippen LogP contribution in [0.1, 0.15) is 25.7 Å².